The number of hydrogen-bond acceptors (Lipinski definition) is 3. The molecule has 110 valence electrons. The lowest BCUT2D eigenvalue weighted by Gasteiger charge is -2.30. The topological polar surface area (TPSA) is 64.1 Å². The van der Waals surface area contributed by atoms with E-state index in [9.17, 15) is 14.0 Å². The van der Waals surface area contributed by atoms with Crippen LogP contribution in [-0.2, 0) is 4.74 Å². The van der Waals surface area contributed by atoms with E-state index in [1.807, 2.05) is 6.92 Å². The zero-order valence-electron chi connectivity index (χ0n) is 11.6. The van der Waals surface area contributed by atoms with Crippen molar-refractivity contribution in [3.05, 3.63) is 45.8 Å². The molecule has 6 heteroatoms. The maximum Gasteiger partial charge on any atom is 0.330 e. The Morgan fingerprint density at radius 2 is 2.30 bits per heavy atom. The predicted molar refractivity (Wildman–Crippen MR) is 73.3 cm³/mol. The molecule has 4 atom stereocenters. The lowest BCUT2D eigenvalue weighted by atomic mass is 9.83. The van der Waals surface area contributed by atoms with Gasteiger partial charge in [-0.25, -0.2) is 9.18 Å². The second kappa shape index (κ2) is 5.36. The number of aromatic amines is 1. The number of nitrogens with one attached hydrogen (secondary N) is 1. The highest BCUT2D eigenvalue weighted by atomic mass is 19.1. The normalized spacial score (nSPS) is 33.2. The lowest BCUT2D eigenvalue weighted by Crippen LogP contribution is -2.35. The Morgan fingerprint density at radius 1 is 1.60 bits per heavy atom. The molecule has 1 aliphatic rings. The molecule has 0 aliphatic carbocycles. The summed E-state index contributed by atoms with van der Waals surface area (Å²) in [5.74, 6) is -0.366. The van der Waals surface area contributed by atoms with Gasteiger partial charge >= 0.3 is 5.69 Å². The van der Waals surface area contributed by atoms with Crippen LogP contribution in [0, 0.1) is 5.92 Å². The third-order valence-corrected chi connectivity index (χ3v) is 4.15. The van der Waals surface area contributed by atoms with Crippen molar-refractivity contribution in [2.75, 3.05) is 0 Å². The molecule has 0 bridgehead atoms. The molecule has 0 aromatic carbocycles. The smallest absolute Gasteiger partial charge is 0.330 e. The molecule has 0 radical (unpaired) electrons. The van der Waals surface area contributed by atoms with E-state index in [0.717, 1.165) is 4.57 Å². The molecule has 1 aliphatic heterocycles. The molecule has 0 amide bonds. The van der Waals surface area contributed by atoms with Gasteiger partial charge in [-0.1, -0.05) is 19.9 Å². The van der Waals surface area contributed by atoms with E-state index in [0.29, 0.717) is 12.8 Å². The predicted octanol–water partition coefficient (Wildman–Crippen LogP) is 1.76. The number of rotatable bonds is 4. The minimum atomic E-state index is -1.32. The Labute approximate surface area is 116 Å². The van der Waals surface area contributed by atoms with Crippen LogP contribution in [0.1, 0.15) is 32.9 Å². The molecular weight excluding hydrogens is 263 g/mol. The van der Waals surface area contributed by atoms with Gasteiger partial charge in [0.2, 0.25) is 0 Å². The van der Waals surface area contributed by atoms with E-state index in [-0.39, 0.29) is 5.92 Å². The summed E-state index contributed by atoms with van der Waals surface area (Å²) >= 11 is 0. The molecule has 1 saturated heterocycles. The number of aromatic nitrogens is 2. The van der Waals surface area contributed by atoms with Crippen LogP contribution in [-0.4, -0.2) is 21.3 Å². The van der Waals surface area contributed by atoms with Crippen molar-refractivity contribution in [2.24, 2.45) is 5.92 Å². The Morgan fingerprint density at radius 3 is 2.85 bits per heavy atom. The minimum Gasteiger partial charge on any atom is -0.348 e. The van der Waals surface area contributed by atoms with Gasteiger partial charge in [-0.15, -0.1) is 6.58 Å². The van der Waals surface area contributed by atoms with E-state index >= 15 is 0 Å². The van der Waals surface area contributed by atoms with Crippen LogP contribution in [0.25, 0.3) is 0 Å². The van der Waals surface area contributed by atoms with E-state index in [2.05, 4.69) is 11.6 Å². The van der Waals surface area contributed by atoms with Crippen LogP contribution in [0.15, 0.2) is 34.5 Å². The van der Waals surface area contributed by atoms with Crippen LogP contribution in [0.2, 0.25) is 0 Å². The molecule has 1 aromatic rings. The highest BCUT2D eigenvalue weighted by molar-refractivity contribution is 5.02. The second-order valence-corrected chi connectivity index (χ2v) is 5.17. The zero-order chi connectivity index (χ0) is 14.9. The molecular formula is C14H19FN2O3. The van der Waals surface area contributed by atoms with Gasteiger partial charge in [-0.3, -0.25) is 14.3 Å². The van der Waals surface area contributed by atoms with Crippen molar-refractivity contribution < 1.29 is 9.13 Å². The number of hydrogen-bond donors (Lipinski definition) is 1. The van der Waals surface area contributed by atoms with Crippen molar-refractivity contribution in [3.8, 4) is 0 Å². The fourth-order valence-corrected chi connectivity index (χ4v) is 2.82. The number of nitrogens with zero attached hydrogens (tertiary/aromatic N) is 1. The van der Waals surface area contributed by atoms with E-state index < -0.39 is 29.2 Å². The lowest BCUT2D eigenvalue weighted by molar-refractivity contribution is -0.0899. The Balaban J connectivity index is 2.42. The SMILES string of the molecule is C=CC[C@]1(CC)O[C@@H](n2ccc(=O)[nH]c2=O)[C@H](F)[C@@H]1C. The van der Waals surface area contributed by atoms with Gasteiger partial charge in [0.1, 0.15) is 0 Å². The fourth-order valence-electron chi connectivity index (χ4n) is 2.82. The van der Waals surface area contributed by atoms with Gasteiger partial charge in [-0.2, -0.15) is 0 Å². The Bertz CT molecular complexity index is 609. The van der Waals surface area contributed by atoms with Crippen molar-refractivity contribution in [1.82, 2.24) is 9.55 Å². The molecule has 0 saturated carbocycles. The van der Waals surface area contributed by atoms with Crippen LogP contribution < -0.4 is 11.2 Å². The van der Waals surface area contributed by atoms with Crippen molar-refractivity contribution in [3.63, 3.8) is 0 Å². The van der Waals surface area contributed by atoms with Crippen LogP contribution in [0.5, 0.6) is 0 Å². The maximum atomic E-state index is 14.5. The zero-order valence-corrected chi connectivity index (χ0v) is 11.6. The van der Waals surface area contributed by atoms with Crippen LogP contribution >= 0.6 is 0 Å². The first-order valence-electron chi connectivity index (χ1n) is 6.69. The van der Waals surface area contributed by atoms with Gasteiger partial charge in [0.25, 0.3) is 5.56 Å². The van der Waals surface area contributed by atoms with Gasteiger partial charge in [-0.05, 0) is 12.8 Å². The third kappa shape index (κ3) is 2.24. The van der Waals surface area contributed by atoms with Crippen molar-refractivity contribution >= 4 is 0 Å². The average molecular weight is 282 g/mol. The molecule has 1 N–H and O–H groups in total. The average Bonchev–Trinajstić information content (AvgIpc) is 2.65. The van der Waals surface area contributed by atoms with Gasteiger partial charge in [0.15, 0.2) is 12.4 Å². The number of halogens is 1. The van der Waals surface area contributed by atoms with Crippen molar-refractivity contribution in [1.29, 1.82) is 0 Å². The summed E-state index contributed by atoms with van der Waals surface area (Å²) in [6.45, 7) is 7.38. The summed E-state index contributed by atoms with van der Waals surface area (Å²) in [6.07, 6.45) is 1.76. The van der Waals surface area contributed by atoms with E-state index in [1.54, 1.807) is 13.0 Å². The highest BCUT2D eigenvalue weighted by Crippen LogP contribution is 2.46. The highest BCUT2D eigenvalue weighted by Gasteiger charge is 2.52. The fraction of sp³-hybridized carbons (Fsp3) is 0.571. The Hall–Kier alpha value is -1.69. The third-order valence-electron chi connectivity index (χ3n) is 4.15. The largest absolute Gasteiger partial charge is 0.348 e. The summed E-state index contributed by atoms with van der Waals surface area (Å²) in [7, 11) is 0. The molecule has 20 heavy (non-hydrogen) atoms. The number of alkyl halides is 1. The molecule has 0 unspecified atom stereocenters. The molecule has 1 aromatic heterocycles. The van der Waals surface area contributed by atoms with E-state index in [4.69, 9.17) is 4.74 Å². The number of H-pyrrole nitrogens is 1. The second-order valence-electron chi connectivity index (χ2n) is 5.17. The molecule has 5 nitrogen and oxygen atoms in total. The van der Waals surface area contributed by atoms with Gasteiger partial charge in [0.05, 0.1) is 5.60 Å². The molecule has 2 rings (SSSR count). The quantitative estimate of drug-likeness (QED) is 0.856. The summed E-state index contributed by atoms with van der Waals surface area (Å²) in [5.41, 5.74) is -1.84. The van der Waals surface area contributed by atoms with Crippen LogP contribution in [0.4, 0.5) is 4.39 Å². The monoisotopic (exact) mass is 282 g/mol. The standard InChI is InChI=1S/C14H19FN2O3/c1-4-7-14(5-2)9(3)11(15)12(20-14)17-8-6-10(18)16-13(17)19/h4,6,8-9,11-12H,1,5,7H2,2-3H3,(H,16,18,19)/t9-,11+,12+,14-/m0/s1. The summed E-state index contributed by atoms with van der Waals surface area (Å²) < 4.78 is 21.5. The van der Waals surface area contributed by atoms with Gasteiger partial charge < -0.3 is 4.74 Å². The molecule has 0 spiro atoms. The van der Waals surface area contributed by atoms with E-state index in [1.165, 1.54) is 12.3 Å². The maximum absolute atomic E-state index is 14.5. The molecule has 1 fully saturated rings. The summed E-state index contributed by atoms with van der Waals surface area (Å²) in [4.78, 5) is 25.0. The Kier molecular flexibility index (Phi) is 3.94. The molecule has 2 heterocycles. The number of ether oxygens (including phenoxy) is 1. The first-order valence-corrected chi connectivity index (χ1v) is 6.69. The first kappa shape index (κ1) is 14.7. The summed E-state index contributed by atoms with van der Waals surface area (Å²) in [5, 5.41) is 0. The summed E-state index contributed by atoms with van der Waals surface area (Å²) in [6, 6.07) is 1.18. The van der Waals surface area contributed by atoms with Crippen molar-refractivity contribution in [2.45, 2.75) is 44.7 Å². The van der Waals surface area contributed by atoms with Crippen LogP contribution in [0.3, 0.4) is 0 Å². The first-order chi connectivity index (χ1) is 9.45. The minimum absolute atomic E-state index is 0.366. The van der Waals surface area contributed by atoms with Gasteiger partial charge in [0, 0.05) is 18.2 Å².